The number of carbonyl (C=O) groups is 2. The van der Waals surface area contributed by atoms with E-state index in [9.17, 15) is 14.1 Å². The van der Waals surface area contributed by atoms with E-state index in [0.717, 1.165) is 0 Å². The highest BCUT2D eigenvalue weighted by Crippen LogP contribution is 2.14. The molecule has 0 saturated heterocycles. The normalized spacial score (nSPS) is 12.7. The summed E-state index contributed by atoms with van der Waals surface area (Å²) in [6, 6.07) is 0. The van der Waals surface area contributed by atoms with Crippen LogP contribution >= 0.6 is 0 Å². The van der Waals surface area contributed by atoms with E-state index >= 15 is 0 Å². The Hall–Kier alpha value is -1.91. The van der Waals surface area contributed by atoms with Gasteiger partial charge in [0.25, 0.3) is 0 Å². The molecule has 4 nitrogen and oxygen atoms in total. The number of halogens is 1. The number of rotatable bonds is 6. The first-order chi connectivity index (χ1) is 8.10. The predicted molar refractivity (Wildman–Crippen MR) is 60.5 cm³/mol. The lowest BCUT2D eigenvalue weighted by Crippen LogP contribution is -2.12. The lowest BCUT2D eigenvalue weighted by atomic mass is 10.1. The number of hydrogen-bond donors (Lipinski definition) is 0. The van der Waals surface area contributed by atoms with Crippen molar-refractivity contribution in [3.63, 3.8) is 0 Å². The SMILES string of the molecule is C\C=C/C=C(C(=O)CC(=O)OF)\C(=C/C)OC. The van der Waals surface area contributed by atoms with Crippen LogP contribution in [0.15, 0.2) is 35.6 Å². The van der Waals surface area contributed by atoms with Crippen LogP contribution in [-0.4, -0.2) is 18.9 Å². The number of methoxy groups -OCH3 is 1. The van der Waals surface area contributed by atoms with Crippen LogP contribution < -0.4 is 0 Å². The van der Waals surface area contributed by atoms with Gasteiger partial charge in [0.2, 0.25) is 0 Å². The van der Waals surface area contributed by atoms with Crippen LogP contribution in [0.5, 0.6) is 0 Å². The van der Waals surface area contributed by atoms with E-state index < -0.39 is 18.2 Å². The molecule has 0 aliphatic carbocycles. The molecule has 17 heavy (non-hydrogen) atoms. The van der Waals surface area contributed by atoms with Crippen LogP contribution in [0.3, 0.4) is 0 Å². The summed E-state index contributed by atoms with van der Waals surface area (Å²) in [5.74, 6) is -1.48. The first-order valence-electron chi connectivity index (χ1n) is 4.98. The average molecular weight is 242 g/mol. The first-order valence-corrected chi connectivity index (χ1v) is 4.98. The Morgan fingerprint density at radius 1 is 1.29 bits per heavy atom. The molecule has 0 aliphatic heterocycles. The third-order valence-corrected chi connectivity index (χ3v) is 1.89. The molecule has 0 radical (unpaired) electrons. The highest BCUT2D eigenvalue weighted by atomic mass is 19.3. The molecule has 0 bridgehead atoms. The predicted octanol–water partition coefficient (Wildman–Crippen LogP) is 2.43. The molecule has 0 heterocycles. The average Bonchev–Trinajstić information content (AvgIpc) is 2.34. The third-order valence-electron chi connectivity index (χ3n) is 1.89. The third kappa shape index (κ3) is 5.10. The van der Waals surface area contributed by atoms with Gasteiger partial charge in [-0.1, -0.05) is 12.2 Å². The van der Waals surface area contributed by atoms with Crippen LogP contribution in [0.1, 0.15) is 20.3 Å². The van der Waals surface area contributed by atoms with Gasteiger partial charge in [-0.05, 0) is 26.0 Å². The van der Waals surface area contributed by atoms with Crippen molar-refractivity contribution in [3.05, 3.63) is 35.6 Å². The van der Waals surface area contributed by atoms with Crippen molar-refractivity contribution in [2.45, 2.75) is 20.3 Å². The van der Waals surface area contributed by atoms with E-state index in [2.05, 4.69) is 4.94 Å². The summed E-state index contributed by atoms with van der Waals surface area (Å²) in [6.07, 6.45) is 5.74. The van der Waals surface area contributed by atoms with Crippen LogP contribution in [0, 0.1) is 0 Å². The molecular formula is C12H15FO4. The van der Waals surface area contributed by atoms with E-state index in [1.807, 2.05) is 0 Å². The number of ketones is 1. The fourth-order valence-electron chi connectivity index (χ4n) is 1.14. The molecule has 0 atom stereocenters. The topological polar surface area (TPSA) is 52.6 Å². The zero-order chi connectivity index (χ0) is 13.3. The van der Waals surface area contributed by atoms with Crippen molar-refractivity contribution in [1.29, 1.82) is 0 Å². The maximum atomic E-state index is 11.7. The summed E-state index contributed by atoms with van der Waals surface area (Å²) in [4.78, 5) is 25.3. The summed E-state index contributed by atoms with van der Waals surface area (Å²) < 4.78 is 16.5. The molecule has 5 heteroatoms. The molecule has 0 spiro atoms. The second-order valence-corrected chi connectivity index (χ2v) is 3.01. The van der Waals surface area contributed by atoms with Crippen LogP contribution in [0.4, 0.5) is 4.53 Å². The van der Waals surface area contributed by atoms with Crippen molar-refractivity contribution in [1.82, 2.24) is 0 Å². The van der Waals surface area contributed by atoms with Gasteiger partial charge in [-0.15, -0.1) is 0 Å². The monoisotopic (exact) mass is 242 g/mol. The van der Waals surface area contributed by atoms with Crippen molar-refractivity contribution >= 4 is 11.8 Å². The second-order valence-electron chi connectivity index (χ2n) is 3.01. The van der Waals surface area contributed by atoms with Gasteiger partial charge in [-0.2, -0.15) is 0 Å². The Kier molecular flexibility index (Phi) is 7.34. The molecule has 0 saturated carbocycles. The smallest absolute Gasteiger partial charge is 0.356 e. The van der Waals surface area contributed by atoms with E-state index in [-0.39, 0.29) is 5.57 Å². The fraction of sp³-hybridized carbons (Fsp3) is 0.333. The lowest BCUT2D eigenvalue weighted by Gasteiger charge is -2.08. The van der Waals surface area contributed by atoms with E-state index in [1.165, 1.54) is 13.2 Å². The van der Waals surface area contributed by atoms with Crippen molar-refractivity contribution in [2.75, 3.05) is 7.11 Å². The van der Waals surface area contributed by atoms with Crippen molar-refractivity contribution in [2.24, 2.45) is 0 Å². The van der Waals surface area contributed by atoms with Gasteiger partial charge < -0.3 is 4.74 Å². The second kappa shape index (κ2) is 8.27. The number of ether oxygens (including phenoxy) is 1. The van der Waals surface area contributed by atoms with Crippen molar-refractivity contribution < 1.29 is 23.8 Å². The minimum absolute atomic E-state index is 0.193. The van der Waals surface area contributed by atoms with E-state index in [4.69, 9.17) is 4.74 Å². The molecule has 0 aromatic heterocycles. The standard InChI is InChI=1S/C12H15FO4/c1-4-6-7-9(11(5-2)16-3)10(14)8-12(15)17-13/h4-7H,8H2,1-3H3/b6-4-,9-7-,11-5+. The minimum atomic E-state index is -1.23. The summed E-state index contributed by atoms with van der Waals surface area (Å²) in [6.45, 7) is 3.46. The summed E-state index contributed by atoms with van der Waals surface area (Å²) in [7, 11) is 1.40. The Morgan fingerprint density at radius 3 is 2.35 bits per heavy atom. The van der Waals surface area contributed by atoms with E-state index in [0.29, 0.717) is 5.76 Å². The molecule has 0 amide bonds. The first kappa shape index (κ1) is 15.1. The minimum Gasteiger partial charge on any atom is -0.496 e. The lowest BCUT2D eigenvalue weighted by molar-refractivity contribution is -0.183. The molecule has 0 unspecified atom stereocenters. The molecule has 0 aliphatic rings. The maximum absolute atomic E-state index is 11.7. The van der Waals surface area contributed by atoms with Crippen LogP contribution in [0.2, 0.25) is 0 Å². The van der Waals surface area contributed by atoms with Crippen molar-refractivity contribution in [3.8, 4) is 0 Å². The fourth-order valence-corrected chi connectivity index (χ4v) is 1.14. The number of carbonyl (C=O) groups excluding carboxylic acids is 2. The zero-order valence-corrected chi connectivity index (χ0v) is 10.0. The van der Waals surface area contributed by atoms with Crippen LogP contribution in [0.25, 0.3) is 0 Å². The number of allylic oxidation sites excluding steroid dienone is 5. The highest BCUT2D eigenvalue weighted by Gasteiger charge is 2.19. The Labute approximate surface area is 99.3 Å². The molecular weight excluding hydrogens is 227 g/mol. The Balaban J connectivity index is 5.06. The van der Waals surface area contributed by atoms with Gasteiger partial charge in [0, 0.05) is 4.53 Å². The number of hydrogen-bond acceptors (Lipinski definition) is 4. The summed E-state index contributed by atoms with van der Waals surface area (Å²) in [5, 5.41) is 0. The van der Waals surface area contributed by atoms with Crippen LogP contribution in [-0.2, 0) is 19.3 Å². The molecule has 0 N–H and O–H groups in total. The zero-order valence-electron chi connectivity index (χ0n) is 10.0. The maximum Gasteiger partial charge on any atom is 0.356 e. The molecule has 0 aromatic carbocycles. The number of Topliss-reactive ketones (excluding diaryl/α,β-unsaturated/α-hetero) is 1. The van der Waals surface area contributed by atoms with Gasteiger partial charge in [0.15, 0.2) is 5.78 Å². The van der Waals surface area contributed by atoms with Gasteiger partial charge in [0.05, 0.1) is 12.7 Å². The summed E-state index contributed by atoms with van der Waals surface area (Å²) in [5.41, 5.74) is 0.193. The van der Waals surface area contributed by atoms with Gasteiger partial charge in [-0.3, -0.25) is 9.74 Å². The molecule has 94 valence electrons. The van der Waals surface area contributed by atoms with Gasteiger partial charge in [-0.25, -0.2) is 4.79 Å². The van der Waals surface area contributed by atoms with Gasteiger partial charge in [0.1, 0.15) is 12.2 Å². The molecule has 0 rings (SSSR count). The largest absolute Gasteiger partial charge is 0.496 e. The summed E-state index contributed by atoms with van der Waals surface area (Å²) >= 11 is 0. The van der Waals surface area contributed by atoms with Gasteiger partial charge >= 0.3 is 5.97 Å². The van der Waals surface area contributed by atoms with E-state index in [1.54, 1.807) is 32.1 Å². The Bertz CT molecular complexity index is 367. The molecule has 0 fully saturated rings. The Morgan fingerprint density at radius 2 is 1.94 bits per heavy atom. The highest BCUT2D eigenvalue weighted by molar-refractivity contribution is 6.07. The molecule has 0 aromatic rings. The quantitative estimate of drug-likeness (QED) is 0.310.